The first-order valence-electron chi connectivity index (χ1n) is 5.41. The first-order valence-corrected chi connectivity index (χ1v) is 5.41. The molecule has 15 heavy (non-hydrogen) atoms. The van der Waals surface area contributed by atoms with Gasteiger partial charge in [-0.3, -0.25) is 4.79 Å². The van der Waals surface area contributed by atoms with Crippen LogP contribution in [0.25, 0.3) is 0 Å². The van der Waals surface area contributed by atoms with Crippen LogP contribution in [0, 0.1) is 11.8 Å². The summed E-state index contributed by atoms with van der Waals surface area (Å²) in [7, 11) is 0. The maximum absolute atomic E-state index is 11.9. The number of halogens is 2. The highest BCUT2D eigenvalue weighted by Gasteiger charge is 2.29. The molecule has 0 aromatic heterocycles. The molecule has 0 saturated heterocycles. The molecule has 0 aromatic rings. The lowest BCUT2D eigenvalue weighted by atomic mass is 9.79. The molecule has 88 valence electrons. The van der Waals surface area contributed by atoms with Crippen molar-refractivity contribution >= 4 is 5.91 Å². The molecule has 0 bridgehead atoms. The maximum atomic E-state index is 11.9. The van der Waals surface area contributed by atoms with E-state index >= 15 is 0 Å². The van der Waals surface area contributed by atoms with Crippen molar-refractivity contribution in [3.63, 3.8) is 0 Å². The number of hydrogen-bond donors (Lipinski definition) is 2. The van der Waals surface area contributed by atoms with E-state index in [0.717, 1.165) is 25.7 Å². The lowest BCUT2D eigenvalue weighted by Gasteiger charge is -2.29. The molecule has 3 N–H and O–H groups in total. The van der Waals surface area contributed by atoms with E-state index in [1.54, 1.807) is 0 Å². The van der Waals surface area contributed by atoms with Crippen LogP contribution >= 0.6 is 0 Å². The zero-order chi connectivity index (χ0) is 11.3. The van der Waals surface area contributed by atoms with Gasteiger partial charge in [0, 0.05) is 5.92 Å². The van der Waals surface area contributed by atoms with Crippen LogP contribution in [0.5, 0.6) is 0 Å². The lowest BCUT2D eigenvalue weighted by molar-refractivity contribution is -0.128. The van der Waals surface area contributed by atoms with Gasteiger partial charge in [-0.05, 0) is 25.3 Å². The first kappa shape index (κ1) is 12.4. The summed E-state index contributed by atoms with van der Waals surface area (Å²) in [4.78, 5) is 11.6. The Kier molecular flexibility index (Phi) is 4.94. The fraction of sp³-hybridized carbons (Fsp3) is 0.900. The summed E-state index contributed by atoms with van der Waals surface area (Å²) in [5, 5.41) is 2.27. The van der Waals surface area contributed by atoms with Crippen molar-refractivity contribution in [2.45, 2.75) is 32.1 Å². The molecule has 0 aliphatic heterocycles. The normalized spacial score (nSPS) is 26.7. The van der Waals surface area contributed by atoms with Crippen LogP contribution in [0.3, 0.4) is 0 Å². The Morgan fingerprint density at radius 1 is 1.40 bits per heavy atom. The molecule has 0 spiro atoms. The lowest BCUT2D eigenvalue weighted by Crippen LogP contribution is -2.41. The first-order chi connectivity index (χ1) is 7.15. The summed E-state index contributed by atoms with van der Waals surface area (Å²) in [6.07, 6.45) is 1.30. The largest absolute Gasteiger partial charge is 0.350 e. The van der Waals surface area contributed by atoms with Gasteiger partial charge in [-0.1, -0.05) is 12.8 Å². The SMILES string of the molecule is NCC1CCCCC1C(=O)NCC(F)F. The number of nitrogens with two attached hydrogens (primary N) is 1. The van der Waals surface area contributed by atoms with Gasteiger partial charge in [0.2, 0.25) is 5.91 Å². The highest BCUT2D eigenvalue weighted by atomic mass is 19.3. The summed E-state index contributed by atoms with van der Waals surface area (Å²) < 4.78 is 23.8. The van der Waals surface area contributed by atoms with Gasteiger partial charge in [0.1, 0.15) is 0 Å². The molecule has 0 aromatic carbocycles. The summed E-state index contributed by atoms with van der Waals surface area (Å²) in [5.41, 5.74) is 5.56. The molecule has 5 heteroatoms. The minimum Gasteiger partial charge on any atom is -0.350 e. The number of nitrogens with one attached hydrogen (secondary N) is 1. The Balaban J connectivity index is 2.41. The van der Waals surface area contributed by atoms with Crippen LogP contribution < -0.4 is 11.1 Å². The molecule has 1 amide bonds. The van der Waals surface area contributed by atoms with E-state index in [1.807, 2.05) is 0 Å². The number of hydrogen-bond acceptors (Lipinski definition) is 2. The number of rotatable bonds is 4. The average Bonchev–Trinajstić information content (AvgIpc) is 2.25. The van der Waals surface area contributed by atoms with Crippen LogP contribution in [-0.4, -0.2) is 25.4 Å². The van der Waals surface area contributed by atoms with Gasteiger partial charge in [0.15, 0.2) is 0 Å². The van der Waals surface area contributed by atoms with Crippen molar-refractivity contribution in [3.05, 3.63) is 0 Å². The number of amides is 1. The van der Waals surface area contributed by atoms with Crippen LogP contribution in [-0.2, 0) is 4.79 Å². The fourth-order valence-electron chi connectivity index (χ4n) is 2.14. The van der Waals surface area contributed by atoms with Gasteiger partial charge in [-0.2, -0.15) is 0 Å². The van der Waals surface area contributed by atoms with E-state index in [0.29, 0.717) is 6.54 Å². The molecule has 0 heterocycles. The van der Waals surface area contributed by atoms with E-state index in [-0.39, 0.29) is 17.7 Å². The van der Waals surface area contributed by atoms with Crippen molar-refractivity contribution in [3.8, 4) is 0 Å². The van der Waals surface area contributed by atoms with Crippen molar-refractivity contribution < 1.29 is 13.6 Å². The number of carbonyl (C=O) groups is 1. The van der Waals surface area contributed by atoms with Crippen molar-refractivity contribution in [1.29, 1.82) is 0 Å². The Bertz CT molecular complexity index is 212. The zero-order valence-electron chi connectivity index (χ0n) is 8.72. The molecule has 2 atom stereocenters. The van der Waals surface area contributed by atoms with E-state index in [1.165, 1.54) is 0 Å². The van der Waals surface area contributed by atoms with Crippen LogP contribution in [0.1, 0.15) is 25.7 Å². The quantitative estimate of drug-likeness (QED) is 0.746. The molecule has 2 unspecified atom stereocenters. The Hall–Kier alpha value is -0.710. The third kappa shape index (κ3) is 3.74. The second-order valence-corrected chi connectivity index (χ2v) is 4.02. The van der Waals surface area contributed by atoms with Crippen molar-refractivity contribution in [2.24, 2.45) is 17.6 Å². The summed E-state index contributed by atoms with van der Waals surface area (Å²) in [6, 6.07) is 0. The topological polar surface area (TPSA) is 55.1 Å². The molecule has 1 rings (SSSR count). The summed E-state index contributed by atoms with van der Waals surface area (Å²) in [6.45, 7) is -0.0839. The molecular weight excluding hydrogens is 202 g/mol. The zero-order valence-corrected chi connectivity index (χ0v) is 8.72. The van der Waals surface area contributed by atoms with E-state index in [2.05, 4.69) is 5.32 Å². The van der Waals surface area contributed by atoms with Crippen molar-refractivity contribution in [2.75, 3.05) is 13.1 Å². The summed E-state index contributed by atoms with van der Waals surface area (Å²) in [5.74, 6) is -0.260. The molecule has 1 saturated carbocycles. The molecule has 0 radical (unpaired) electrons. The number of alkyl halides is 2. The Morgan fingerprint density at radius 3 is 2.67 bits per heavy atom. The van der Waals surface area contributed by atoms with Gasteiger partial charge in [-0.15, -0.1) is 0 Å². The molecule has 1 aliphatic carbocycles. The van der Waals surface area contributed by atoms with E-state index in [4.69, 9.17) is 5.73 Å². The maximum Gasteiger partial charge on any atom is 0.255 e. The Labute approximate surface area is 88.4 Å². The Morgan fingerprint density at radius 2 is 2.07 bits per heavy atom. The second kappa shape index (κ2) is 6.00. The van der Waals surface area contributed by atoms with E-state index in [9.17, 15) is 13.6 Å². The molecule has 1 aliphatic rings. The van der Waals surface area contributed by atoms with Crippen molar-refractivity contribution in [1.82, 2.24) is 5.32 Å². The van der Waals surface area contributed by atoms with Crippen LogP contribution in [0.2, 0.25) is 0 Å². The summed E-state index contributed by atoms with van der Waals surface area (Å²) >= 11 is 0. The highest BCUT2D eigenvalue weighted by Crippen LogP contribution is 2.29. The minimum absolute atomic E-state index is 0.163. The van der Waals surface area contributed by atoms with E-state index < -0.39 is 13.0 Å². The standard InChI is InChI=1S/C10H18F2N2O/c11-9(12)6-14-10(15)8-4-2-1-3-7(8)5-13/h7-9H,1-6,13H2,(H,14,15). The number of carbonyl (C=O) groups excluding carboxylic acids is 1. The van der Waals surface area contributed by atoms with Gasteiger partial charge in [0.05, 0.1) is 6.54 Å². The fourth-order valence-corrected chi connectivity index (χ4v) is 2.14. The van der Waals surface area contributed by atoms with Crippen LogP contribution in [0.15, 0.2) is 0 Å². The van der Waals surface area contributed by atoms with Gasteiger partial charge in [0.25, 0.3) is 6.43 Å². The van der Waals surface area contributed by atoms with Gasteiger partial charge in [-0.25, -0.2) is 8.78 Å². The second-order valence-electron chi connectivity index (χ2n) is 4.02. The minimum atomic E-state index is -2.48. The molecule has 1 fully saturated rings. The smallest absolute Gasteiger partial charge is 0.255 e. The monoisotopic (exact) mass is 220 g/mol. The molecule has 3 nitrogen and oxygen atoms in total. The van der Waals surface area contributed by atoms with Gasteiger partial charge < -0.3 is 11.1 Å². The third-order valence-electron chi connectivity index (χ3n) is 2.98. The highest BCUT2D eigenvalue weighted by molar-refractivity contribution is 5.79. The third-order valence-corrected chi connectivity index (χ3v) is 2.98. The van der Waals surface area contributed by atoms with Gasteiger partial charge >= 0.3 is 0 Å². The molecular formula is C10H18F2N2O. The van der Waals surface area contributed by atoms with Crippen LogP contribution in [0.4, 0.5) is 8.78 Å². The predicted octanol–water partition coefficient (Wildman–Crippen LogP) is 1.13. The predicted molar refractivity (Wildman–Crippen MR) is 53.5 cm³/mol. The average molecular weight is 220 g/mol.